The normalized spacial score (nSPS) is 10.8. The number of benzene rings is 1. The van der Waals surface area contributed by atoms with E-state index in [0.717, 1.165) is 12.1 Å². The SMILES string of the molecule is COC(=O)C(CCCn1ccc2ccccc21)C(=O)OC. The van der Waals surface area contributed by atoms with Crippen LogP contribution < -0.4 is 0 Å². The fraction of sp³-hybridized carbons (Fsp3) is 0.375. The van der Waals surface area contributed by atoms with Crippen molar-refractivity contribution in [1.82, 2.24) is 4.57 Å². The number of nitrogens with zero attached hydrogens (tertiary/aromatic N) is 1. The summed E-state index contributed by atoms with van der Waals surface area (Å²) in [5.74, 6) is -1.93. The van der Waals surface area contributed by atoms with Crippen molar-refractivity contribution in [3.8, 4) is 0 Å². The lowest BCUT2D eigenvalue weighted by Crippen LogP contribution is -2.26. The van der Waals surface area contributed by atoms with Gasteiger partial charge in [-0.3, -0.25) is 9.59 Å². The van der Waals surface area contributed by atoms with E-state index in [1.807, 2.05) is 30.5 Å². The third kappa shape index (κ3) is 3.42. The molecular weight excluding hydrogens is 270 g/mol. The molecule has 0 aliphatic carbocycles. The van der Waals surface area contributed by atoms with Crippen LogP contribution in [0.1, 0.15) is 12.8 Å². The van der Waals surface area contributed by atoms with E-state index in [9.17, 15) is 9.59 Å². The summed E-state index contributed by atoms with van der Waals surface area (Å²) in [6, 6.07) is 10.1. The Bertz CT molecular complexity index is 616. The molecule has 1 aromatic carbocycles. The molecule has 112 valence electrons. The smallest absolute Gasteiger partial charge is 0.320 e. The molecule has 0 unspecified atom stereocenters. The Morgan fingerprint density at radius 3 is 2.43 bits per heavy atom. The van der Waals surface area contributed by atoms with E-state index < -0.39 is 17.9 Å². The van der Waals surface area contributed by atoms with Gasteiger partial charge in [-0.15, -0.1) is 0 Å². The average molecular weight is 289 g/mol. The molecule has 2 aromatic rings. The van der Waals surface area contributed by atoms with Crippen LogP contribution in [-0.4, -0.2) is 30.7 Å². The van der Waals surface area contributed by atoms with E-state index in [1.165, 1.54) is 19.6 Å². The van der Waals surface area contributed by atoms with Gasteiger partial charge in [0, 0.05) is 18.3 Å². The number of fused-ring (bicyclic) bond motifs is 1. The van der Waals surface area contributed by atoms with Gasteiger partial charge in [-0.2, -0.15) is 0 Å². The molecule has 1 heterocycles. The number of methoxy groups -OCH3 is 2. The summed E-state index contributed by atoms with van der Waals surface area (Å²) in [5.41, 5.74) is 1.14. The number of carbonyl (C=O) groups excluding carboxylic acids is 2. The Morgan fingerprint density at radius 1 is 1.10 bits per heavy atom. The van der Waals surface area contributed by atoms with Crippen molar-refractivity contribution in [1.29, 1.82) is 0 Å². The Morgan fingerprint density at radius 2 is 1.76 bits per heavy atom. The van der Waals surface area contributed by atoms with Gasteiger partial charge in [-0.25, -0.2) is 0 Å². The molecule has 0 bridgehead atoms. The van der Waals surface area contributed by atoms with Crippen LogP contribution >= 0.6 is 0 Å². The minimum Gasteiger partial charge on any atom is -0.468 e. The molecule has 0 saturated heterocycles. The maximum Gasteiger partial charge on any atom is 0.320 e. The first-order chi connectivity index (χ1) is 10.2. The van der Waals surface area contributed by atoms with Gasteiger partial charge in [0.25, 0.3) is 0 Å². The van der Waals surface area contributed by atoms with Crippen LogP contribution in [0, 0.1) is 5.92 Å². The second-order valence-electron chi connectivity index (χ2n) is 4.81. The van der Waals surface area contributed by atoms with E-state index in [1.54, 1.807) is 0 Å². The van der Waals surface area contributed by atoms with Crippen molar-refractivity contribution in [3.05, 3.63) is 36.5 Å². The van der Waals surface area contributed by atoms with E-state index in [2.05, 4.69) is 20.1 Å². The summed E-state index contributed by atoms with van der Waals surface area (Å²) in [6.07, 6.45) is 3.11. The number of esters is 2. The first-order valence-electron chi connectivity index (χ1n) is 6.87. The summed E-state index contributed by atoms with van der Waals surface area (Å²) in [7, 11) is 2.55. The van der Waals surface area contributed by atoms with Crippen LogP contribution in [0.25, 0.3) is 10.9 Å². The standard InChI is InChI=1S/C16H19NO4/c1-20-15(18)13(16(19)21-2)7-5-10-17-11-9-12-6-3-4-8-14(12)17/h3-4,6,8-9,11,13H,5,7,10H2,1-2H3. The lowest BCUT2D eigenvalue weighted by molar-refractivity contribution is -0.159. The molecule has 0 radical (unpaired) electrons. The zero-order valence-electron chi connectivity index (χ0n) is 12.2. The minimum atomic E-state index is -0.846. The van der Waals surface area contributed by atoms with E-state index in [0.29, 0.717) is 12.8 Å². The Balaban J connectivity index is 1.99. The van der Waals surface area contributed by atoms with Gasteiger partial charge in [-0.05, 0) is 30.4 Å². The highest BCUT2D eigenvalue weighted by molar-refractivity contribution is 5.94. The van der Waals surface area contributed by atoms with Gasteiger partial charge in [-0.1, -0.05) is 18.2 Å². The number of carbonyl (C=O) groups is 2. The number of hydrogen-bond donors (Lipinski definition) is 0. The molecule has 5 heteroatoms. The third-order valence-corrected chi connectivity index (χ3v) is 3.54. The molecule has 0 amide bonds. The fourth-order valence-electron chi connectivity index (χ4n) is 2.42. The van der Waals surface area contributed by atoms with Crippen molar-refractivity contribution < 1.29 is 19.1 Å². The molecule has 1 aromatic heterocycles. The molecule has 5 nitrogen and oxygen atoms in total. The summed E-state index contributed by atoms with van der Waals surface area (Å²) in [4.78, 5) is 23.2. The van der Waals surface area contributed by atoms with Gasteiger partial charge >= 0.3 is 11.9 Å². The molecule has 0 N–H and O–H groups in total. The lowest BCUT2D eigenvalue weighted by atomic mass is 10.0. The van der Waals surface area contributed by atoms with Gasteiger partial charge < -0.3 is 14.0 Å². The summed E-state index contributed by atoms with van der Waals surface area (Å²) < 4.78 is 11.4. The van der Waals surface area contributed by atoms with Gasteiger partial charge in [0.05, 0.1) is 14.2 Å². The molecule has 0 spiro atoms. The molecule has 0 aliphatic heterocycles. The Labute approximate surface area is 123 Å². The maximum atomic E-state index is 11.6. The number of ether oxygens (including phenoxy) is 2. The van der Waals surface area contributed by atoms with Crippen LogP contribution in [0.4, 0.5) is 0 Å². The monoisotopic (exact) mass is 289 g/mol. The second-order valence-corrected chi connectivity index (χ2v) is 4.81. The van der Waals surface area contributed by atoms with Crippen LogP contribution in [0.5, 0.6) is 0 Å². The van der Waals surface area contributed by atoms with Crippen molar-refractivity contribution in [3.63, 3.8) is 0 Å². The largest absolute Gasteiger partial charge is 0.468 e. The molecule has 21 heavy (non-hydrogen) atoms. The number of para-hydroxylation sites is 1. The summed E-state index contributed by atoms with van der Waals surface area (Å²) in [6.45, 7) is 0.734. The molecular formula is C16H19NO4. The highest BCUT2D eigenvalue weighted by Gasteiger charge is 2.27. The average Bonchev–Trinajstić information content (AvgIpc) is 2.93. The van der Waals surface area contributed by atoms with E-state index in [-0.39, 0.29) is 0 Å². The fourth-order valence-corrected chi connectivity index (χ4v) is 2.42. The van der Waals surface area contributed by atoms with E-state index in [4.69, 9.17) is 0 Å². The topological polar surface area (TPSA) is 57.5 Å². The summed E-state index contributed by atoms with van der Waals surface area (Å²) in [5, 5.41) is 1.18. The molecule has 0 atom stereocenters. The lowest BCUT2D eigenvalue weighted by Gasteiger charge is -2.12. The highest BCUT2D eigenvalue weighted by atomic mass is 16.5. The van der Waals surface area contributed by atoms with Gasteiger partial charge in [0.15, 0.2) is 5.92 Å². The van der Waals surface area contributed by atoms with Gasteiger partial charge in [0.2, 0.25) is 0 Å². The number of hydrogen-bond acceptors (Lipinski definition) is 4. The molecule has 2 rings (SSSR count). The highest BCUT2D eigenvalue weighted by Crippen LogP contribution is 2.17. The van der Waals surface area contributed by atoms with Crippen LogP contribution in [-0.2, 0) is 25.6 Å². The zero-order chi connectivity index (χ0) is 15.2. The van der Waals surface area contributed by atoms with E-state index >= 15 is 0 Å². The number of rotatable bonds is 6. The molecule has 0 saturated carbocycles. The van der Waals surface area contributed by atoms with Crippen molar-refractivity contribution in [2.45, 2.75) is 19.4 Å². The van der Waals surface area contributed by atoms with Gasteiger partial charge in [0.1, 0.15) is 0 Å². The zero-order valence-corrected chi connectivity index (χ0v) is 12.2. The predicted octanol–water partition coefficient (Wildman–Crippen LogP) is 2.38. The maximum absolute atomic E-state index is 11.6. The Hall–Kier alpha value is -2.30. The number of aryl methyl sites for hydroxylation is 1. The first-order valence-corrected chi connectivity index (χ1v) is 6.87. The number of aromatic nitrogens is 1. The molecule has 0 aliphatic rings. The van der Waals surface area contributed by atoms with Crippen LogP contribution in [0.15, 0.2) is 36.5 Å². The van der Waals surface area contributed by atoms with Crippen molar-refractivity contribution >= 4 is 22.8 Å². The van der Waals surface area contributed by atoms with Crippen molar-refractivity contribution in [2.75, 3.05) is 14.2 Å². The van der Waals surface area contributed by atoms with Crippen LogP contribution in [0.2, 0.25) is 0 Å². The Kier molecular flexibility index (Phi) is 4.98. The van der Waals surface area contributed by atoms with Crippen LogP contribution in [0.3, 0.4) is 0 Å². The minimum absolute atomic E-state index is 0.409. The first kappa shape index (κ1) is 15.1. The van der Waals surface area contributed by atoms with Crippen molar-refractivity contribution in [2.24, 2.45) is 5.92 Å². The third-order valence-electron chi connectivity index (χ3n) is 3.54. The predicted molar refractivity (Wildman–Crippen MR) is 78.7 cm³/mol. The molecule has 0 fully saturated rings. The quantitative estimate of drug-likeness (QED) is 0.605. The summed E-state index contributed by atoms with van der Waals surface area (Å²) >= 11 is 0. The second kappa shape index (κ2) is 6.92.